The van der Waals surface area contributed by atoms with E-state index >= 15 is 0 Å². The molecule has 0 saturated heterocycles. The van der Waals surface area contributed by atoms with Gasteiger partial charge in [0, 0.05) is 6.04 Å². The molecule has 0 aromatic rings. The Bertz CT molecular complexity index is 110. The van der Waals surface area contributed by atoms with Crippen molar-refractivity contribution < 1.29 is 0 Å². The summed E-state index contributed by atoms with van der Waals surface area (Å²) in [5, 5.41) is 3.58. The van der Waals surface area contributed by atoms with Gasteiger partial charge in [0.05, 0.1) is 0 Å². The summed E-state index contributed by atoms with van der Waals surface area (Å²) >= 11 is 0. The standard InChI is InChI=1S/C11H23N/c1-9(2)4-5-10(3)8-12-11-6-7-11/h9-12H,4-8H2,1-3H3. The molecule has 1 unspecified atom stereocenters. The van der Waals surface area contributed by atoms with E-state index in [2.05, 4.69) is 26.1 Å². The normalized spacial score (nSPS) is 20.0. The molecule has 72 valence electrons. The molecule has 0 amide bonds. The van der Waals surface area contributed by atoms with Crippen LogP contribution < -0.4 is 5.32 Å². The largest absolute Gasteiger partial charge is 0.314 e. The highest BCUT2D eigenvalue weighted by Crippen LogP contribution is 2.19. The zero-order valence-corrected chi connectivity index (χ0v) is 8.77. The predicted molar refractivity (Wildman–Crippen MR) is 54.3 cm³/mol. The molecule has 1 aliphatic carbocycles. The maximum absolute atomic E-state index is 3.58. The van der Waals surface area contributed by atoms with Crippen LogP contribution in [0.2, 0.25) is 0 Å². The van der Waals surface area contributed by atoms with Crippen molar-refractivity contribution in [3.8, 4) is 0 Å². The van der Waals surface area contributed by atoms with Gasteiger partial charge in [-0.2, -0.15) is 0 Å². The van der Waals surface area contributed by atoms with Crippen molar-refractivity contribution in [1.82, 2.24) is 5.32 Å². The zero-order valence-electron chi connectivity index (χ0n) is 8.77. The van der Waals surface area contributed by atoms with Crippen LogP contribution in [0.3, 0.4) is 0 Å². The second-order valence-electron chi connectivity index (χ2n) is 4.76. The number of hydrogen-bond donors (Lipinski definition) is 1. The average Bonchev–Trinajstić information content (AvgIpc) is 2.80. The van der Waals surface area contributed by atoms with Crippen LogP contribution in [0.15, 0.2) is 0 Å². The Kier molecular flexibility index (Phi) is 4.07. The molecule has 1 aliphatic rings. The summed E-state index contributed by atoms with van der Waals surface area (Å²) < 4.78 is 0. The van der Waals surface area contributed by atoms with Crippen molar-refractivity contribution in [2.45, 2.75) is 52.5 Å². The van der Waals surface area contributed by atoms with E-state index in [-0.39, 0.29) is 0 Å². The molecule has 1 rings (SSSR count). The Labute approximate surface area is 76.9 Å². The molecule has 1 N–H and O–H groups in total. The summed E-state index contributed by atoms with van der Waals surface area (Å²) in [4.78, 5) is 0. The molecule has 12 heavy (non-hydrogen) atoms. The van der Waals surface area contributed by atoms with E-state index in [1.807, 2.05) is 0 Å². The van der Waals surface area contributed by atoms with E-state index in [0.717, 1.165) is 17.9 Å². The molecule has 1 heteroatoms. The molecule has 0 aliphatic heterocycles. The Morgan fingerprint density at radius 1 is 1.17 bits per heavy atom. The SMILES string of the molecule is CC(C)CCC(C)CNC1CC1. The van der Waals surface area contributed by atoms with E-state index in [0.29, 0.717) is 0 Å². The maximum atomic E-state index is 3.58. The quantitative estimate of drug-likeness (QED) is 0.644. The highest BCUT2D eigenvalue weighted by molar-refractivity contribution is 4.81. The fraction of sp³-hybridized carbons (Fsp3) is 1.00. The van der Waals surface area contributed by atoms with Crippen LogP contribution in [0.5, 0.6) is 0 Å². The lowest BCUT2D eigenvalue weighted by Crippen LogP contribution is -2.23. The second kappa shape index (κ2) is 4.86. The van der Waals surface area contributed by atoms with Crippen molar-refractivity contribution in [2.24, 2.45) is 11.8 Å². The lowest BCUT2D eigenvalue weighted by atomic mass is 9.99. The van der Waals surface area contributed by atoms with Gasteiger partial charge in [-0.1, -0.05) is 27.2 Å². The summed E-state index contributed by atoms with van der Waals surface area (Å²) in [7, 11) is 0. The number of hydrogen-bond acceptors (Lipinski definition) is 1. The highest BCUT2D eigenvalue weighted by atomic mass is 14.9. The van der Waals surface area contributed by atoms with Gasteiger partial charge in [0.1, 0.15) is 0 Å². The minimum Gasteiger partial charge on any atom is -0.314 e. The molecule has 1 saturated carbocycles. The maximum Gasteiger partial charge on any atom is 0.00683 e. The lowest BCUT2D eigenvalue weighted by Gasteiger charge is -2.13. The van der Waals surface area contributed by atoms with Gasteiger partial charge >= 0.3 is 0 Å². The van der Waals surface area contributed by atoms with Crippen molar-refractivity contribution in [3.63, 3.8) is 0 Å². The monoisotopic (exact) mass is 169 g/mol. The summed E-state index contributed by atoms with van der Waals surface area (Å²) in [5.41, 5.74) is 0. The van der Waals surface area contributed by atoms with E-state index in [9.17, 15) is 0 Å². The summed E-state index contributed by atoms with van der Waals surface area (Å²) in [5.74, 6) is 1.74. The molecular weight excluding hydrogens is 146 g/mol. The molecule has 1 atom stereocenters. The van der Waals surface area contributed by atoms with Crippen molar-refractivity contribution in [3.05, 3.63) is 0 Å². The Balaban J connectivity index is 1.91. The van der Waals surface area contributed by atoms with Gasteiger partial charge in [-0.05, 0) is 37.6 Å². The Hall–Kier alpha value is -0.0400. The number of rotatable bonds is 6. The number of nitrogens with one attached hydrogen (secondary N) is 1. The van der Waals surface area contributed by atoms with Crippen LogP contribution >= 0.6 is 0 Å². The predicted octanol–water partition coefficient (Wildman–Crippen LogP) is 2.81. The molecule has 1 nitrogen and oxygen atoms in total. The zero-order chi connectivity index (χ0) is 8.97. The van der Waals surface area contributed by atoms with Crippen molar-refractivity contribution in [1.29, 1.82) is 0 Å². The van der Waals surface area contributed by atoms with Crippen molar-refractivity contribution >= 4 is 0 Å². The fourth-order valence-electron chi connectivity index (χ4n) is 1.38. The van der Waals surface area contributed by atoms with Gasteiger partial charge in [-0.3, -0.25) is 0 Å². The van der Waals surface area contributed by atoms with Crippen LogP contribution in [0.1, 0.15) is 46.5 Å². The minimum absolute atomic E-state index is 0.869. The van der Waals surface area contributed by atoms with Gasteiger partial charge in [-0.15, -0.1) is 0 Å². The van der Waals surface area contributed by atoms with Crippen molar-refractivity contribution in [2.75, 3.05) is 6.54 Å². The third-order valence-electron chi connectivity index (χ3n) is 2.57. The first-order valence-electron chi connectivity index (χ1n) is 5.42. The molecule has 1 fully saturated rings. The first-order chi connectivity index (χ1) is 5.68. The summed E-state index contributed by atoms with van der Waals surface area (Å²) in [6.07, 6.45) is 5.60. The molecular formula is C11H23N. The Morgan fingerprint density at radius 2 is 1.83 bits per heavy atom. The third kappa shape index (κ3) is 4.76. The van der Waals surface area contributed by atoms with Crippen LogP contribution in [0, 0.1) is 11.8 Å². The molecule has 0 aromatic carbocycles. The molecule has 0 heterocycles. The van der Waals surface area contributed by atoms with Gasteiger partial charge in [-0.25, -0.2) is 0 Å². The summed E-state index contributed by atoms with van der Waals surface area (Å²) in [6, 6.07) is 0.881. The smallest absolute Gasteiger partial charge is 0.00683 e. The summed E-state index contributed by atoms with van der Waals surface area (Å²) in [6.45, 7) is 8.21. The second-order valence-corrected chi connectivity index (χ2v) is 4.76. The first-order valence-corrected chi connectivity index (χ1v) is 5.42. The fourth-order valence-corrected chi connectivity index (χ4v) is 1.38. The molecule has 0 radical (unpaired) electrons. The van der Waals surface area contributed by atoms with Gasteiger partial charge in [0.15, 0.2) is 0 Å². The van der Waals surface area contributed by atoms with E-state index < -0.39 is 0 Å². The van der Waals surface area contributed by atoms with Gasteiger partial charge < -0.3 is 5.32 Å². The van der Waals surface area contributed by atoms with E-state index in [4.69, 9.17) is 0 Å². The van der Waals surface area contributed by atoms with Crippen LogP contribution in [-0.4, -0.2) is 12.6 Å². The van der Waals surface area contributed by atoms with Crippen LogP contribution in [0.25, 0.3) is 0 Å². The lowest BCUT2D eigenvalue weighted by molar-refractivity contribution is 0.425. The Morgan fingerprint density at radius 3 is 2.33 bits per heavy atom. The van der Waals surface area contributed by atoms with Crippen LogP contribution in [-0.2, 0) is 0 Å². The molecule has 0 spiro atoms. The first kappa shape index (κ1) is 10.0. The van der Waals surface area contributed by atoms with E-state index in [1.54, 1.807) is 0 Å². The van der Waals surface area contributed by atoms with Gasteiger partial charge in [0.25, 0.3) is 0 Å². The topological polar surface area (TPSA) is 12.0 Å². The molecule has 0 bridgehead atoms. The van der Waals surface area contributed by atoms with Crippen LogP contribution in [0.4, 0.5) is 0 Å². The minimum atomic E-state index is 0.869. The highest BCUT2D eigenvalue weighted by Gasteiger charge is 2.20. The van der Waals surface area contributed by atoms with Gasteiger partial charge in [0.2, 0.25) is 0 Å². The molecule has 0 aromatic heterocycles. The third-order valence-corrected chi connectivity index (χ3v) is 2.57. The average molecular weight is 169 g/mol. The van der Waals surface area contributed by atoms with E-state index in [1.165, 1.54) is 32.2 Å².